The van der Waals surface area contributed by atoms with Crippen molar-refractivity contribution in [1.82, 2.24) is 0 Å². The molecule has 0 spiro atoms. The zero-order valence-electron chi connectivity index (χ0n) is 9.79. The van der Waals surface area contributed by atoms with E-state index in [2.05, 4.69) is 0 Å². The fraction of sp³-hybridized carbons (Fsp3) is 0.0714. The quantitative estimate of drug-likeness (QED) is 0.488. The first-order valence-electron chi connectivity index (χ1n) is 5.49. The van der Waals surface area contributed by atoms with Crippen LogP contribution in [-0.4, -0.2) is 5.78 Å². The van der Waals surface area contributed by atoms with Gasteiger partial charge in [-0.05, 0) is 58.5 Å². The number of benzene rings is 2. The molecule has 0 aliphatic rings. The summed E-state index contributed by atoms with van der Waals surface area (Å²) < 4.78 is 13.9. The van der Waals surface area contributed by atoms with Crippen LogP contribution in [0, 0.1) is 9.39 Å². The first-order valence-corrected chi connectivity index (χ1v) is 6.95. The number of nitrogen functional groups attached to an aromatic ring is 1. The molecule has 2 N–H and O–H groups in total. The Morgan fingerprint density at radius 1 is 1.26 bits per heavy atom. The number of carbonyl (C=O) groups excluding carboxylic acids is 1. The molecule has 0 aliphatic carbocycles. The molecule has 98 valence electrons. The van der Waals surface area contributed by atoms with Gasteiger partial charge in [-0.25, -0.2) is 4.39 Å². The van der Waals surface area contributed by atoms with Crippen LogP contribution < -0.4 is 5.73 Å². The molecule has 0 heterocycles. The Kier molecular flexibility index (Phi) is 4.42. The first-order chi connectivity index (χ1) is 8.97. The van der Waals surface area contributed by atoms with Crippen LogP contribution in [0.4, 0.5) is 10.1 Å². The molecule has 0 radical (unpaired) electrons. The lowest BCUT2D eigenvalue weighted by atomic mass is 10.0. The molecule has 0 saturated heterocycles. The summed E-state index contributed by atoms with van der Waals surface area (Å²) >= 11 is 7.86. The van der Waals surface area contributed by atoms with E-state index in [1.807, 2.05) is 22.6 Å². The van der Waals surface area contributed by atoms with Gasteiger partial charge in [0, 0.05) is 21.2 Å². The van der Waals surface area contributed by atoms with Crippen molar-refractivity contribution in [3.8, 4) is 0 Å². The van der Waals surface area contributed by atoms with Crippen LogP contribution in [-0.2, 0) is 6.42 Å². The number of hydrogen-bond donors (Lipinski definition) is 1. The molecule has 0 fully saturated rings. The predicted octanol–water partition coefficient (Wildman–Crippen LogP) is 4.09. The van der Waals surface area contributed by atoms with E-state index in [9.17, 15) is 9.18 Å². The lowest BCUT2D eigenvalue weighted by molar-refractivity contribution is 0.0993. The number of Topliss-reactive ketones (excluding diaryl/α,β-unsaturated/α-hetero) is 1. The van der Waals surface area contributed by atoms with Crippen molar-refractivity contribution in [2.24, 2.45) is 0 Å². The number of nitrogens with two attached hydrogens (primary N) is 1. The number of anilines is 1. The van der Waals surface area contributed by atoms with E-state index in [4.69, 9.17) is 17.3 Å². The molecule has 0 aliphatic heterocycles. The fourth-order valence-electron chi connectivity index (χ4n) is 1.69. The second-order valence-corrected chi connectivity index (χ2v) is 5.66. The first kappa shape index (κ1) is 14.3. The molecule has 0 atom stereocenters. The molecule has 19 heavy (non-hydrogen) atoms. The lowest BCUT2D eigenvalue weighted by Crippen LogP contribution is -2.05. The van der Waals surface area contributed by atoms with Crippen LogP contribution in [0.2, 0.25) is 5.02 Å². The van der Waals surface area contributed by atoms with E-state index >= 15 is 0 Å². The molecule has 0 amide bonds. The molecule has 0 saturated carbocycles. The third-order valence-electron chi connectivity index (χ3n) is 2.64. The second kappa shape index (κ2) is 5.88. The number of halogens is 3. The van der Waals surface area contributed by atoms with Gasteiger partial charge in [0.25, 0.3) is 0 Å². The molecule has 2 nitrogen and oxygen atoms in total. The lowest BCUT2D eigenvalue weighted by Gasteiger charge is -2.06. The van der Waals surface area contributed by atoms with Gasteiger partial charge >= 0.3 is 0 Å². The van der Waals surface area contributed by atoms with E-state index in [0.717, 1.165) is 0 Å². The number of rotatable bonds is 3. The molecule has 0 aromatic heterocycles. The largest absolute Gasteiger partial charge is 0.399 e. The summed E-state index contributed by atoms with van der Waals surface area (Å²) in [6, 6.07) is 9.47. The fourth-order valence-corrected chi connectivity index (χ4v) is 2.25. The average Bonchev–Trinajstić information content (AvgIpc) is 2.36. The van der Waals surface area contributed by atoms with Crippen molar-refractivity contribution in [2.45, 2.75) is 6.42 Å². The van der Waals surface area contributed by atoms with E-state index in [1.165, 1.54) is 12.1 Å². The highest BCUT2D eigenvalue weighted by atomic mass is 127. The van der Waals surface area contributed by atoms with Crippen LogP contribution >= 0.6 is 34.2 Å². The molecule has 2 aromatic rings. The molecule has 5 heteroatoms. The normalized spacial score (nSPS) is 10.5. The van der Waals surface area contributed by atoms with Crippen LogP contribution in [0.3, 0.4) is 0 Å². The predicted molar refractivity (Wildman–Crippen MR) is 83.0 cm³/mol. The average molecular weight is 390 g/mol. The highest BCUT2D eigenvalue weighted by Gasteiger charge is 2.12. The molecular formula is C14H10ClFINO. The van der Waals surface area contributed by atoms with Crippen LogP contribution in [0.25, 0.3) is 0 Å². The SMILES string of the molecule is Nc1ccc(Cl)c(C(=O)Cc2ccc(I)c(F)c2)c1. The number of carbonyl (C=O) groups is 1. The van der Waals surface area contributed by atoms with Crippen LogP contribution in [0.15, 0.2) is 36.4 Å². The molecule has 2 aromatic carbocycles. The van der Waals surface area contributed by atoms with Gasteiger partial charge in [0.2, 0.25) is 0 Å². The summed E-state index contributed by atoms with van der Waals surface area (Å²) in [6.07, 6.45) is 0.0943. The van der Waals surface area contributed by atoms with Gasteiger partial charge in [-0.1, -0.05) is 17.7 Å². The number of hydrogen-bond acceptors (Lipinski definition) is 2. The third-order valence-corrected chi connectivity index (χ3v) is 3.84. The van der Waals surface area contributed by atoms with E-state index in [1.54, 1.807) is 24.3 Å². The van der Waals surface area contributed by atoms with E-state index in [-0.39, 0.29) is 18.0 Å². The zero-order valence-corrected chi connectivity index (χ0v) is 12.7. The van der Waals surface area contributed by atoms with Crippen molar-refractivity contribution in [1.29, 1.82) is 0 Å². The summed E-state index contributed by atoms with van der Waals surface area (Å²) in [5.41, 5.74) is 7.08. The standard InChI is InChI=1S/C14H10ClFINO/c15-11-3-2-9(18)7-10(11)14(19)6-8-1-4-13(17)12(16)5-8/h1-5,7H,6,18H2. The maximum absolute atomic E-state index is 13.4. The number of ketones is 1. The Labute approximate surface area is 128 Å². The summed E-state index contributed by atoms with van der Waals surface area (Å²) in [4.78, 5) is 12.1. The zero-order chi connectivity index (χ0) is 14.0. The van der Waals surface area contributed by atoms with Crippen LogP contribution in [0.1, 0.15) is 15.9 Å². The Hall–Kier alpha value is -1.14. The summed E-state index contributed by atoms with van der Waals surface area (Å²) in [7, 11) is 0. The summed E-state index contributed by atoms with van der Waals surface area (Å²) in [5, 5.41) is 0.352. The minimum Gasteiger partial charge on any atom is -0.399 e. The van der Waals surface area contributed by atoms with Gasteiger partial charge in [-0.2, -0.15) is 0 Å². The van der Waals surface area contributed by atoms with Crippen molar-refractivity contribution in [3.05, 3.63) is 61.9 Å². The topological polar surface area (TPSA) is 43.1 Å². The van der Waals surface area contributed by atoms with E-state index in [0.29, 0.717) is 25.4 Å². The van der Waals surface area contributed by atoms with Gasteiger partial charge in [0.15, 0.2) is 5.78 Å². The smallest absolute Gasteiger partial charge is 0.168 e. The van der Waals surface area contributed by atoms with Gasteiger partial charge in [-0.3, -0.25) is 4.79 Å². The summed E-state index contributed by atoms with van der Waals surface area (Å²) in [5.74, 6) is -0.512. The second-order valence-electron chi connectivity index (χ2n) is 4.09. The monoisotopic (exact) mass is 389 g/mol. The molecule has 2 rings (SSSR count). The molecule has 0 bridgehead atoms. The van der Waals surface area contributed by atoms with Gasteiger partial charge in [0.05, 0.1) is 5.02 Å². The van der Waals surface area contributed by atoms with Crippen molar-refractivity contribution >= 4 is 45.7 Å². The third kappa shape index (κ3) is 3.45. The Morgan fingerprint density at radius 3 is 2.68 bits per heavy atom. The van der Waals surface area contributed by atoms with Gasteiger partial charge < -0.3 is 5.73 Å². The van der Waals surface area contributed by atoms with Crippen LogP contribution in [0.5, 0.6) is 0 Å². The summed E-state index contributed by atoms with van der Waals surface area (Å²) in [6.45, 7) is 0. The Morgan fingerprint density at radius 2 is 2.00 bits per heavy atom. The minimum atomic E-state index is -0.329. The van der Waals surface area contributed by atoms with Gasteiger partial charge in [0.1, 0.15) is 5.82 Å². The van der Waals surface area contributed by atoms with Crippen molar-refractivity contribution in [3.63, 3.8) is 0 Å². The molecule has 0 unspecified atom stereocenters. The maximum atomic E-state index is 13.4. The maximum Gasteiger partial charge on any atom is 0.168 e. The highest BCUT2D eigenvalue weighted by molar-refractivity contribution is 14.1. The van der Waals surface area contributed by atoms with Crippen molar-refractivity contribution in [2.75, 3.05) is 5.73 Å². The van der Waals surface area contributed by atoms with E-state index < -0.39 is 0 Å². The molecular weight excluding hydrogens is 380 g/mol. The Bertz CT molecular complexity index is 645. The van der Waals surface area contributed by atoms with Crippen molar-refractivity contribution < 1.29 is 9.18 Å². The Balaban J connectivity index is 2.25. The minimum absolute atomic E-state index is 0.0943. The van der Waals surface area contributed by atoms with Gasteiger partial charge in [-0.15, -0.1) is 0 Å². The highest BCUT2D eigenvalue weighted by Crippen LogP contribution is 2.21.